The van der Waals surface area contributed by atoms with Gasteiger partial charge in [-0.15, -0.1) is 0 Å². The van der Waals surface area contributed by atoms with Crippen LogP contribution in [0.2, 0.25) is 0 Å². The highest BCUT2D eigenvalue weighted by Crippen LogP contribution is 2.31. The number of carbonyl (C=O) groups excluding carboxylic acids is 1. The van der Waals surface area contributed by atoms with E-state index in [9.17, 15) is 14.0 Å². The van der Waals surface area contributed by atoms with Gasteiger partial charge in [0.15, 0.2) is 0 Å². The second-order valence-electron chi connectivity index (χ2n) is 5.62. The van der Waals surface area contributed by atoms with Gasteiger partial charge in [-0.1, -0.05) is 0 Å². The smallest absolute Gasteiger partial charge is 0.309 e. The summed E-state index contributed by atoms with van der Waals surface area (Å²) in [7, 11) is 0. The van der Waals surface area contributed by atoms with Gasteiger partial charge in [0.25, 0.3) is 5.91 Å². The van der Waals surface area contributed by atoms with Gasteiger partial charge in [0.2, 0.25) is 0 Å². The molecule has 0 radical (unpaired) electrons. The molecule has 1 fully saturated rings. The van der Waals surface area contributed by atoms with Crippen LogP contribution in [0.3, 0.4) is 0 Å². The molecule has 5 heteroatoms. The van der Waals surface area contributed by atoms with Gasteiger partial charge in [-0.2, -0.15) is 0 Å². The molecule has 4 nitrogen and oxygen atoms in total. The Morgan fingerprint density at radius 2 is 1.90 bits per heavy atom. The molecule has 20 heavy (non-hydrogen) atoms. The van der Waals surface area contributed by atoms with Crippen molar-refractivity contribution in [3.63, 3.8) is 0 Å². The van der Waals surface area contributed by atoms with Crippen LogP contribution in [0, 0.1) is 18.2 Å². The second-order valence-corrected chi connectivity index (χ2v) is 5.62. The number of piperidine rings is 1. The van der Waals surface area contributed by atoms with Crippen molar-refractivity contribution in [2.24, 2.45) is 5.41 Å². The topological polar surface area (TPSA) is 57.6 Å². The summed E-state index contributed by atoms with van der Waals surface area (Å²) in [5, 5.41) is 9.17. The highest BCUT2D eigenvalue weighted by Gasteiger charge is 2.38. The Morgan fingerprint density at radius 3 is 2.40 bits per heavy atom. The van der Waals surface area contributed by atoms with Gasteiger partial charge < -0.3 is 10.0 Å². The maximum Gasteiger partial charge on any atom is 0.309 e. The van der Waals surface area contributed by atoms with Gasteiger partial charge in [-0.3, -0.25) is 9.59 Å². The van der Waals surface area contributed by atoms with Crippen molar-refractivity contribution in [2.45, 2.75) is 26.7 Å². The third kappa shape index (κ3) is 2.66. The highest BCUT2D eigenvalue weighted by atomic mass is 19.1. The lowest BCUT2D eigenvalue weighted by Crippen LogP contribution is -2.45. The zero-order valence-corrected chi connectivity index (χ0v) is 11.6. The van der Waals surface area contributed by atoms with Crippen molar-refractivity contribution in [3.05, 3.63) is 35.1 Å². The van der Waals surface area contributed by atoms with Crippen molar-refractivity contribution in [1.82, 2.24) is 4.90 Å². The monoisotopic (exact) mass is 279 g/mol. The van der Waals surface area contributed by atoms with E-state index in [1.165, 1.54) is 18.2 Å². The number of amides is 1. The van der Waals surface area contributed by atoms with Crippen molar-refractivity contribution < 1.29 is 19.1 Å². The fourth-order valence-corrected chi connectivity index (χ4v) is 2.45. The average Bonchev–Trinajstić information content (AvgIpc) is 2.38. The number of hydrogen-bond acceptors (Lipinski definition) is 2. The van der Waals surface area contributed by atoms with Crippen LogP contribution in [0.25, 0.3) is 0 Å². The summed E-state index contributed by atoms with van der Waals surface area (Å²) in [6, 6.07) is 4.09. The normalized spacial score (nSPS) is 17.9. The molecule has 0 atom stereocenters. The fourth-order valence-electron chi connectivity index (χ4n) is 2.45. The zero-order chi connectivity index (χ0) is 14.9. The van der Waals surface area contributed by atoms with Crippen molar-refractivity contribution >= 4 is 11.9 Å². The van der Waals surface area contributed by atoms with Crippen LogP contribution in [-0.4, -0.2) is 35.0 Å². The van der Waals surface area contributed by atoms with E-state index in [1.807, 2.05) is 0 Å². The first-order chi connectivity index (χ1) is 9.33. The third-order valence-corrected chi connectivity index (χ3v) is 4.09. The minimum absolute atomic E-state index is 0.157. The van der Waals surface area contributed by atoms with Crippen LogP contribution in [-0.2, 0) is 4.79 Å². The largest absolute Gasteiger partial charge is 0.481 e. The van der Waals surface area contributed by atoms with Crippen LogP contribution < -0.4 is 0 Å². The van der Waals surface area contributed by atoms with E-state index in [4.69, 9.17) is 5.11 Å². The fraction of sp³-hybridized carbons (Fsp3) is 0.467. The lowest BCUT2D eigenvalue weighted by molar-refractivity contribution is -0.150. The molecule has 0 aromatic heterocycles. The lowest BCUT2D eigenvalue weighted by atomic mass is 9.80. The minimum Gasteiger partial charge on any atom is -0.481 e. The third-order valence-electron chi connectivity index (χ3n) is 4.09. The molecule has 0 spiro atoms. The molecular weight excluding hydrogens is 261 g/mol. The minimum atomic E-state index is -0.817. The number of benzene rings is 1. The van der Waals surface area contributed by atoms with E-state index in [0.717, 1.165) is 0 Å². The number of aryl methyl sites for hydroxylation is 1. The predicted octanol–water partition coefficient (Wildman–Crippen LogP) is 2.46. The predicted molar refractivity (Wildman–Crippen MR) is 72.0 cm³/mol. The number of rotatable bonds is 2. The zero-order valence-electron chi connectivity index (χ0n) is 11.6. The van der Waals surface area contributed by atoms with Crippen LogP contribution in [0.1, 0.15) is 35.7 Å². The van der Waals surface area contributed by atoms with Crippen LogP contribution in [0.4, 0.5) is 4.39 Å². The van der Waals surface area contributed by atoms with Gasteiger partial charge in [-0.25, -0.2) is 4.39 Å². The number of nitrogens with zero attached hydrogens (tertiary/aromatic N) is 1. The van der Waals surface area contributed by atoms with E-state index >= 15 is 0 Å². The molecule has 2 rings (SSSR count). The average molecular weight is 279 g/mol. The van der Waals surface area contributed by atoms with Gasteiger partial charge in [0.05, 0.1) is 5.41 Å². The summed E-state index contributed by atoms with van der Waals surface area (Å²) in [5.74, 6) is -1.34. The molecule has 0 bridgehead atoms. The molecule has 1 saturated heterocycles. The standard InChI is InChI=1S/C15H18FNO3/c1-10-9-11(16)3-4-12(10)13(18)17-7-5-15(2,6-8-17)14(19)20/h3-4,9H,5-8H2,1-2H3,(H,19,20). The summed E-state index contributed by atoms with van der Waals surface area (Å²) in [5.41, 5.74) is 0.320. The summed E-state index contributed by atoms with van der Waals surface area (Å²) < 4.78 is 13.1. The van der Waals surface area contributed by atoms with Gasteiger partial charge in [0.1, 0.15) is 5.82 Å². The molecule has 1 aromatic carbocycles. The van der Waals surface area contributed by atoms with Gasteiger partial charge in [-0.05, 0) is 50.5 Å². The maximum absolute atomic E-state index is 13.1. The first-order valence-electron chi connectivity index (χ1n) is 6.62. The summed E-state index contributed by atoms with van der Waals surface area (Å²) in [6.45, 7) is 4.23. The molecule has 0 unspecified atom stereocenters. The highest BCUT2D eigenvalue weighted by molar-refractivity contribution is 5.95. The number of halogens is 1. The molecule has 1 aromatic rings. The molecule has 1 aliphatic rings. The van der Waals surface area contributed by atoms with E-state index in [0.29, 0.717) is 37.1 Å². The number of aliphatic carboxylic acids is 1. The van der Waals surface area contributed by atoms with Gasteiger partial charge >= 0.3 is 5.97 Å². The van der Waals surface area contributed by atoms with Crippen LogP contribution in [0.15, 0.2) is 18.2 Å². The van der Waals surface area contributed by atoms with Crippen LogP contribution >= 0.6 is 0 Å². The summed E-state index contributed by atoms with van der Waals surface area (Å²) in [4.78, 5) is 25.2. The van der Waals surface area contributed by atoms with E-state index in [-0.39, 0.29) is 11.7 Å². The SMILES string of the molecule is Cc1cc(F)ccc1C(=O)N1CCC(C)(C(=O)O)CC1. The first-order valence-corrected chi connectivity index (χ1v) is 6.62. The molecule has 1 aliphatic heterocycles. The Balaban J connectivity index is 2.11. The number of hydrogen-bond donors (Lipinski definition) is 1. The van der Waals surface area contributed by atoms with E-state index in [2.05, 4.69) is 0 Å². The Hall–Kier alpha value is -1.91. The van der Waals surface area contributed by atoms with Crippen molar-refractivity contribution in [1.29, 1.82) is 0 Å². The summed E-state index contributed by atoms with van der Waals surface area (Å²) >= 11 is 0. The Morgan fingerprint density at radius 1 is 1.30 bits per heavy atom. The lowest BCUT2D eigenvalue weighted by Gasteiger charge is -2.36. The molecule has 1 N–H and O–H groups in total. The number of carbonyl (C=O) groups is 2. The molecular formula is C15H18FNO3. The Bertz CT molecular complexity index is 548. The summed E-state index contributed by atoms with van der Waals surface area (Å²) in [6.07, 6.45) is 0.878. The first kappa shape index (κ1) is 14.5. The Kier molecular flexibility index (Phi) is 3.79. The molecule has 1 amide bonds. The second kappa shape index (κ2) is 5.23. The number of likely N-dealkylation sites (tertiary alicyclic amines) is 1. The molecule has 108 valence electrons. The Labute approximate surface area is 117 Å². The van der Waals surface area contributed by atoms with E-state index < -0.39 is 11.4 Å². The molecule has 0 saturated carbocycles. The number of carboxylic acid groups (broad SMARTS) is 1. The maximum atomic E-state index is 13.1. The van der Waals surface area contributed by atoms with Crippen molar-refractivity contribution in [3.8, 4) is 0 Å². The molecule has 1 heterocycles. The van der Waals surface area contributed by atoms with E-state index in [1.54, 1.807) is 18.7 Å². The van der Waals surface area contributed by atoms with Crippen LogP contribution in [0.5, 0.6) is 0 Å². The quantitative estimate of drug-likeness (QED) is 0.904. The number of carboxylic acids is 1. The molecule has 0 aliphatic carbocycles. The van der Waals surface area contributed by atoms with Crippen molar-refractivity contribution in [2.75, 3.05) is 13.1 Å². The van der Waals surface area contributed by atoms with Gasteiger partial charge in [0, 0.05) is 18.7 Å².